The Morgan fingerprint density at radius 3 is 2.44 bits per heavy atom. The predicted octanol–water partition coefficient (Wildman–Crippen LogP) is 3.40. The number of anilines is 1. The highest BCUT2D eigenvalue weighted by Crippen LogP contribution is 2.16. The van der Waals surface area contributed by atoms with Gasteiger partial charge in [0.05, 0.1) is 12.2 Å². The Kier molecular flexibility index (Phi) is 3.70. The van der Waals surface area contributed by atoms with Crippen LogP contribution in [0.2, 0.25) is 0 Å². The predicted molar refractivity (Wildman–Crippen MR) is 76.1 cm³/mol. The fraction of sp³-hybridized carbons (Fsp3) is 0.400. The van der Waals surface area contributed by atoms with E-state index in [2.05, 4.69) is 59.2 Å². The van der Waals surface area contributed by atoms with Gasteiger partial charge in [0, 0.05) is 13.2 Å². The van der Waals surface area contributed by atoms with Gasteiger partial charge in [-0.05, 0) is 24.0 Å². The van der Waals surface area contributed by atoms with E-state index in [4.69, 9.17) is 0 Å². The van der Waals surface area contributed by atoms with Gasteiger partial charge in [0.15, 0.2) is 0 Å². The zero-order valence-electron chi connectivity index (χ0n) is 11.6. The van der Waals surface area contributed by atoms with Crippen molar-refractivity contribution in [3.8, 4) is 0 Å². The Morgan fingerprint density at radius 1 is 1.22 bits per heavy atom. The number of imidazole rings is 1. The third-order valence-corrected chi connectivity index (χ3v) is 3.12. The standard InChI is InChI=1S/C15H21N3/c1-11(2)14-7-5-13(6-8-14)10-18-9-12(3)17-15(18)16-4/h5-9,11H,10H2,1-4H3,(H,16,17). The van der Waals surface area contributed by atoms with Crippen LogP contribution < -0.4 is 5.32 Å². The quantitative estimate of drug-likeness (QED) is 0.892. The summed E-state index contributed by atoms with van der Waals surface area (Å²) in [5.74, 6) is 1.50. The lowest BCUT2D eigenvalue weighted by molar-refractivity contribution is 0.801. The van der Waals surface area contributed by atoms with Crippen LogP contribution in [0.1, 0.15) is 36.6 Å². The molecule has 18 heavy (non-hydrogen) atoms. The van der Waals surface area contributed by atoms with Gasteiger partial charge in [0.2, 0.25) is 5.95 Å². The molecular weight excluding hydrogens is 222 g/mol. The molecule has 0 fully saturated rings. The third-order valence-electron chi connectivity index (χ3n) is 3.12. The van der Waals surface area contributed by atoms with Crippen molar-refractivity contribution in [2.24, 2.45) is 0 Å². The molecule has 0 unspecified atom stereocenters. The second-order valence-electron chi connectivity index (χ2n) is 4.98. The lowest BCUT2D eigenvalue weighted by atomic mass is 10.0. The maximum Gasteiger partial charge on any atom is 0.203 e. The lowest BCUT2D eigenvalue weighted by Crippen LogP contribution is -2.04. The number of nitrogens with zero attached hydrogens (tertiary/aromatic N) is 2. The van der Waals surface area contributed by atoms with Crippen LogP contribution >= 0.6 is 0 Å². The fourth-order valence-electron chi connectivity index (χ4n) is 2.07. The highest BCUT2D eigenvalue weighted by molar-refractivity contribution is 5.31. The Labute approximate surface area is 109 Å². The van der Waals surface area contributed by atoms with Gasteiger partial charge in [-0.1, -0.05) is 38.1 Å². The molecule has 1 aromatic heterocycles. The van der Waals surface area contributed by atoms with Crippen LogP contribution in [0.3, 0.4) is 0 Å². The van der Waals surface area contributed by atoms with Crippen molar-refractivity contribution >= 4 is 5.95 Å². The topological polar surface area (TPSA) is 29.9 Å². The van der Waals surface area contributed by atoms with Gasteiger partial charge < -0.3 is 9.88 Å². The van der Waals surface area contributed by atoms with Crippen molar-refractivity contribution in [2.75, 3.05) is 12.4 Å². The van der Waals surface area contributed by atoms with Crippen molar-refractivity contribution in [3.05, 3.63) is 47.3 Å². The molecule has 96 valence electrons. The zero-order valence-corrected chi connectivity index (χ0v) is 11.6. The molecule has 2 rings (SSSR count). The first kappa shape index (κ1) is 12.7. The molecule has 0 amide bonds. The second-order valence-corrected chi connectivity index (χ2v) is 4.98. The molecule has 3 nitrogen and oxygen atoms in total. The summed E-state index contributed by atoms with van der Waals surface area (Å²) in [7, 11) is 1.90. The molecule has 2 aromatic rings. The van der Waals surface area contributed by atoms with E-state index in [0.29, 0.717) is 5.92 Å². The van der Waals surface area contributed by atoms with Crippen LogP contribution in [0.15, 0.2) is 30.5 Å². The average molecular weight is 243 g/mol. The molecule has 0 aliphatic carbocycles. The van der Waals surface area contributed by atoms with Crippen LogP contribution in [0.25, 0.3) is 0 Å². The summed E-state index contributed by atoms with van der Waals surface area (Å²) in [6, 6.07) is 8.82. The highest BCUT2D eigenvalue weighted by atomic mass is 15.2. The molecule has 0 aliphatic heterocycles. The first-order valence-electron chi connectivity index (χ1n) is 6.40. The summed E-state index contributed by atoms with van der Waals surface area (Å²) in [6.07, 6.45) is 2.07. The smallest absolute Gasteiger partial charge is 0.203 e. The van der Waals surface area contributed by atoms with E-state index in [0.717, 1.165) is 18.2 Å². The molecule has 1 aromatic carbocycles. The van der Waals surface area contributed by atoms with Gasteiger partial charge in [0.1, 0.15) is 0 Å². The molecular formula is C15H21N3. The minimum atomic E-state index is 0.586. The summed E-state index contributed by atoms with van der Waals surface area (Å²) in [6.45, 7) is 7.30. The number of hydrogen-bond donors (Lipinski definition) is 1. The molecule has 1 N–H and O–H groups in total. The molecule has 3 heteroatoms. The average Bonchev–Trinajstić information content (AvgIpc) is 2.70. The number of nitrogens with one attached hydrogen (secondary N) is 1. The fourth-order valence-corrected chi connectivity index (χ4v) is 2.07. The van der Waals surface area contributed by atoms with Crippen molar-refractivity contribution in [1.82, 2.24) is 9.55 Å². The Balaban J connectivity index is 2.18. The summed E-state index contributed by atoms with van der Waals surface area (Å²) in [5.41, 5.74) is 3.72. The Hall–Kier alpha value is -1.77. The van der Waals surface area contributed by atoms with E-state index < -0.39 is 0 Å². The highest BCUT2D eigenvalue weighted by Gasteiger charge is 2.05. The van der Waals surface area contributed by atoms with Gasteiger partial charge in [0.25, 0.3) is 0 Å². The molecule has 0 atom stereocenters. The summed E-state index contributed by atoms with van der Waals surface area (Å²) in [5, 5.41) is 3.12. The third kappa shape index (κ3) is 2.73. The zero-order chi connectivity index (χ0) is 13.1. The SMILES string of the molecule is CNc1nc(C)cn1Cc1ccc(C(C)C)cc1. The summed E-state index contributed by atoms with van der Waals surface area (Å²) >= 11 is 0. The lowest BCUT2D eigenvalue weighted by Gasteiger charge is -2.09. The van der Waals surface area contributed by atoms with E-state index in [1.165, 1.54) is 11.1 Å². The van der Waals surface area contributed by atoms with Gasteiger partial charge in [-0.3, -0.25) is 0 Å². The molecule has 1 heterocycles. The summed E-state index contributed by atoms with van der Waals surface area (Å²) in [4.78, 5) is 4.42. The molecule has 0 bridgehead atoms. The molecule has 0 saturated carbocycles. The normalized spacial score (nSPS) is 10.9. The van der Waals surface area contributed by atoms with Crippen LogP contribution in [0.4, 0.5) is 5.95 Å². The maximum atomic E-state index is 4.42. The second kappa shape index (κ2) is 5.25. The van der Waals surface area contributed by atoms with Crippen molar-refractivity contribution in [3.63, 3.8) is 0 Å². The monoisotopic (exact) mass is 243 g/mol. The van der Waals surface area contributed by atoms with Gasteiger partial charge in [-0.2, -0.15) is 0 Å². The van der Waals surface area contributed by atoms with Gasteiger partial charge in [-0.25, -0.2) is 4.98 Å². The van der Waals surface area contributed by atoms with Crippen molar-refractivity contribution in [1.29, 1.82) is 0 Å². The molecule has 0 saturated heterocycles. The maximum absolute atomic E-state index is 4.42. The van der Waals surface area contributed by atoms with Crippen LogP contribution in [0.5, 0.6) is 0 Å². The van der Waals surface area contributed by atoms with Gasteiger partial charge in [-0.15, -0.1) is 0 Å². The largest absolute Gasteiger partial charge is 0.359 e. The van der Waals surface area contributed by atoms with E-state index >= 15 is 0 Å². The first-order chi connectivity index (χ1) is 8.60. The minimum Gasteiger partial charge on any atom is -0.359 e. The number of rotatable bonds is 4. The summed E-state index contributed by atoms with van der Waals surface area (Å²) < 4.78 is 2.14. The minimum absolute atomic E-state index is 0.586. The number of benzene rings is 1. The van der Waals surface area contributed by atoms with Crippen LogP contribution in [-0.2, 0) is 6.54 Å². The van der Waals surface area contributed by atoms with Crippen LogP contribution in [0, 0.1) is 6.92 Å². The Morgan fingerprint density at radius 2 is 1.89 bits per heavy atom. The van der Waals surface area contributed by atoms with Gasteiger partial charge >= 0.3 is 0 Å². The van der Waals surface area contributed by atoms with E-state index in [1.807, 2.05) is 14.0 Å². The molecule has 0 aliphatic rings. The number of hydrogen-bond acceptors (Lipinski definition) is 2. The number of aryl methyl sites for hydroxylation is 1. The Bertz CT molecular complexity index is 509. The van der Waals surface area contributed by atoms with E-state index in [-0.39, 0.29) is 0 Å². The van der Waals surface area contributed by atoms with Crippen molar-refractivity contribution in [2.45, 2.75) is 33.2 Å². The van der Waals surface area contributed by atoms with E-state index in [9.17, 15) is 0 Å². The first-order valence-corrected chi connectivity index (χ1v) is 6.40. The van der Waals surface area contributed by atoms with Crippen LogP contribution in [-0.4, -0.2) is 16.6 Å². The van der Waals surface area contributed by atoms with E-state index in [1.54, 1.807) is 0 Å². The molecule has 0 spiro atoms. The number of aromatic nitrogens is 2. The van der Waals surface area contributed by atoms with Crippen molar-refractivity contribution < 1.29 is 0 Å². The molecule has 0 radical (unpaired) electrons.